The highest BCUT2D eigenvalue weighted by Gasteiger charge is 2.19. The van der Waals surface area contributed by atoms with Gasteiger partial charge in [-0.05, 0) is 40.6 Å². The molecule has 0 saturated heterocycles. The van der Waals surface area contributed by atoms with E-state index >= 15 is 0 Å². The molecule has 0 radical (unpaired) electrons. The summed E-state index contributed by atoms with van der Waals surface area (Å²) in [6.45, 7) is 0.349. The summed E-state index contributed by atoms with van der Waals surface area (Å²) >= 11 is 0. The number of carboxylic acids is 1. The smallest absolute Gasteiger partial charge is 0.305 e. The minimum absolute atomic E-state index is 0.284. The van der Waals surface area contributed by atoms with Gasteiger partial charge in [-0.1, -0.05) is 42.5 Å². The van der Waals surface area contributed by atoms with Gasteiger partial charge in [-0.15, -0.1) is 0 Å². The SMILES string of the molecule is O=C(O)CC(NC(=O)CNC(=O)c1cccc(NC2=NCC(O)CN2)c1)c1ccc2ccccc2c1. The number of amides is 2. The van der Waals surface area contributed by atoms with Crippen molar-refractivity contribution in [3.63, 3.8) is 0 Å². The number of β-amino-alcohol motifs (C(OH)–C–C–N with tert-alkyl or cyclic N) is 1. The van der Waals surface area contributed by atoms with Gasteiger partial charge in [0.25, 0.3) is 5.91 Å². The number of rotatable bonds is 8. The molecule has 2 atom stereocenters. The van der Waals surface area contributed by atoms with Gasteiger partial charge in [-0.2, -0.15) is 0 Å². The Morgan fingerprint density at radius 1 is 1.03 bits per heavy atom. The molecule has 0 fully saturated rings. The Morgan fingerprint density at radius 3 is 2.58 bits per heavy atom. The Balaban J connectivity index is 1.36. The third kappa shape index (κ3) is 6.57. The van der Waals surface area contributed by atoms with Gasteiger partial charge in [0.15, 0.2) is 5.96 Å². The number of fused-ring (bicyclic) bond motifs is 1. The molecule has 2 amide bonds. The van der Waals surface area contributed by atoms with Crippen LogP contribution in [0.15, 0.2) is 71.7 Å². The van der Waals surface area contributed by atoms with Gasteiger partial charge in [0.05, 0.1) is 31.7 Å². The van der Waals surface area contributed by atoms with Crippen LogP contribution in [-0.2, 0) is 9.59 Å². The normalized spacial score (nSPS) is 15.8. The monoisotopic (exact) mass is 489 g/mol. The number of aliphatic hydroxyl groups is 1. The number of benzene rings is 3. The number of anilines is 1. The molecule has 2 unspecified atom stereocenters. The molecule has 186 valence electrons. The van der Waals surface area contributed by atoms with Crippen LogP contribution in [0.5, 0.6) is 0 Å². The Labute approximate surface area is 207 Å². The average molecular weight is 490 g/mol. The zero-order valence-corrected chi connectivity index (χ0v) is 19.4. The molecule has 0 spiro atoms. The molecule has 0 bridgehead atoms. The number of aliphatic imine (C=N–C) groups is 1. The Morgan fingerprint density at radius 2 is 1.83 bits per heavy atom. The van der Waals surface area contributed by atoms with Crippen LogP contribution in [0.2, 0.25) is 0 Å². The zero-order chi connectivity index (χ0) is 25.5. The van der Waals surface area contributed by atoms with E-state index in [1.54, 1.807) is 30.3 Å². The third-order valence-corrected chi connectivity index (χ3v) is 5.65. The van der Waals surface area contributed by atoms with Gasteiger partial charge in [0, 0.05) is 17.8 Å². The lowest BCUT2D eigenvalue weighted by Gasteiger charge is -2.20. The van der Waals surface area contributed by atoms with Crippen molar-refractivity contribution in [2.45, 2.75) is 18.6 Å². The van der Waals surface area contributed by atoms with Crippen molar-refractivity contribution in [1.82, 2.24) is 16.0 Å². The van der Waals surface area contributed by atoms with E-state index in [9.17, 15) is 24.6 Å². The van der Waals surface area contributed by atoms with Crippen molar-refractivity contribution in [3.05, 3.63) is 77.9 Å². The van der Waals surface area contributed by atoms with E-state index in [0.717, 1.165) is 10.8 Å². The number of hydrogen-bond acceptors (Lipinski definition) is 7. The van der Waals surface area contributed by atoms with Crippen LogP contribution in [-0.4, -0.2) is 59.7 Å². The van der Waals surface area contributed by atoms with Crippen molar-refractivity contribution in [2.75, 3.05) is 25.0 Å². The predicted molar refractivity (Wildman–Crippen MR) is 136 cm³/mol. The van der Waals surface area contributed by atoms with E-state index in [-0.39, 0.29) is 19.5 Å². The van der Waals surface area contributed by atoms with Gasteiger partial charge in [0.1, 0.15) is 0 Å². The number of aliphatic carboxylic acids is 1. The van der Waals surface area contributed by atoms with Crippen molar-refractivity contribution in [1.29, 1.82) is 0 Å². The topological polar surface area (TPSA) is 152 Å². The fourth-order valence-electron chi connectivity index (χ4n) is 3.85. The maximum absolute atomic E-state index is 12.6. The summed E-state index contributed by atoms with van der Waals surface area (Å²) in [6.07, 6.45) is -0.823. The highest BCUT2D eigenvalue weighted by Crippen LogP contribution is 2.22. The molecule has 0 saturated carbocycles. The van der Waals surface area contributed by atoms with Crippen LogP contribution >= 0.6 is 0 Å². The van der Waals surface area contributed by atoms with Gasteiger partial charge >= 0.3 is 5.97 Å². The van der Waals surface area contributed by atoms with E-state index < -0.39 is 29.9 Å². The van der Waals surface area contributed by atoms with E-state index in [4.69, 9.17) is 0 Å². The second-order valence-electron chi connectivity index (χ2n) is 8.44. The van der Waals surface area contributed by atoms with Crippen LogP contribution in [0.25, 0.3) is 10.8 Å². The number of nitrogens with one attached hydrogen (secondary N) is 4. The molecule has 4 rings (SSSR count). The molecule has 1 aliphatic heterocycles. The average Bonchev–Trinajstić information content (AvgIpc) is 2.88. The summed E-state index contributed by atoms with van der Waals surface area (Å²) in [7, 11) is 0. The first-order valence-corrected chi connectivity index (χ1v) is 11.5. The molecule has 10 heteroatoms. The van der Waals surface area contributed by atoms with Crippen molar-refractivity contribution < 1.29 is 24.6 Å². The van der Waals surface area contributed by atoms with Crippen LogP contribution in [0.4, 0.5) is 5.69 Å². The summed E-state index contributed by atoms with van der Waals surface area (Å²) in [5.41, 5.74) is 1.62. The molecule has 10 nitrogen and oxygen atoms in total. The van der Waals surface area contributed by atoms with Gasteiger partial charge in [-0.3, -0.25) is 19.4 Å². The van der Waals surface area contributed by atoms with Gasteiger partial charge in [-0.25, -0.2) is 0 Å². The molecule has 0 aliphatic carbocycles. The maximum Gasteiger partial charge on any atom is 0.305 e. The van der Waals surface area contributed by atoms with E-state index in [0.29, 0.717) is 29.3 Å². The number of aliphatic hydroxyl groups excluding tert-OH is 1. The minimum Gasteiger partial charge on any atom is -0.481 e. The maximum atomic E-state index is 12.6. The van der Waals surface area contributed by atoms with Gasteiger partial charge in [0.2, 0.25) is 5.91 Å². The predicted octanol–water partition coefficient (Wildman–Crippen LogP) is 1.63. The number of guanidine groups is 1. The highest BCUT2D eigenvalue weighted by molar-refractivity contribution is 5.99. The van der Waals surface area contributed by atoms with E-state index in [1.165, 1.54) is 0 Å². The van der Waals surface area contributed by atoms with Gasteiger partial charge < -0.3 is 31.5 Å². The standard InChI is InChI=1S/C26H27N5O5/c32-21-13-28-26(29-14-21)30-20-7-3-6-19(11-20)25(36)27-15-23(33)31-22(12-24(34)35)18-9-8-16-4-1-2-5-17(16)10-18/h1-11,21-22,32H,12-15H2,(H,27,36)(H,31,33)(H,34,35)(H2,28,29,30). The third-order valence-electron chi connectivity index (χ3n) is 5.65. The number of carbonyl (C=O) groups is 3. The second kappa shape index (κ2) is 11.3. The minimum atomic E-state index is -1.05. The van der Waals surface area contributed by atoms with E-state index in [2.05, 4.69) is 26.3 Å². The largest absolute Gasteiger partial charge is 0.481 e. The number of nitrogens with zero attached hydrogens (tertiary/aromatic N) is 1. The van der Waals surface area contributed by atoms with E-state index in [1.807, 2.05) is 36.4 Å². The summed E-state index contributed by atoms with van der Waals surface area (Å²) in [5, 5.41) is 32.1. The molecule has 6 N–H and O–H groups in total. The fraction of sp³-hybridized carbons (Fsp3) is 0.231. The molecule has 3 aromatic rings. The lowest BCUT2D eigenvalue weighted by molar-refractivity contribution is -0.137. The number of carboxylic acid groups (broad SMARTS) is 1. The summed E-state index contributed by atoms with van der Waals surface area (Å²) < 4.78 is 0. The first kappa shape index (κ1) is 24.7. The van der Waals surface area contributed by atoms with Crippen molar-refractivity contribution in [2.24, 2.45) is 4.99 Å². The molecule has 1 heterocycles. The first-order valence-electron chi connectivity index (χ1n) is 11.5. The summed E-state index contributed by atoms with van der Waals surface area (Å²) in [6, 6.07) is 19.1. The molecule has 1 aliphatic rings. The molecule has 36 heavy (non-hydrogen) atoms. The molecular weight excluding hydrogens is 462 g/mol. The second-order valence-corrected chi connectivity index (χ2v) is 8.44. The van der Waals surface area contributed by atoms with Crippen LogP contribution < -0.4 is 21.3 Å². The van der Waals surface area contributed by atoms with Crippen LogP contribution in [0.1, 0.15) is 28.4 Å². The van der Waals surface area contributed by atoms with Crippen LogP contribution in [0, 0.1) is 0 Å². The fourth-order valence-corrected chi connectivity index (χ4v) is 3.85. The summed E-state index contributed by atoms with van der Waals surface area (Å²) in [4.78, 5) is 40.8. The first-order chi connectivity index (χ1) is 17.4. The molecule has 0 aromatic heterocycles. The Kier molecular flexibility index (Phi) is 7.76. The number of hydrogen-bond donors (Lipinski definition) is 6. The number of carbonyl (C=O) groups excluding carboxylic acids is 2. The Bertz CT molecular complexity index is 1310. The highest BCUT2D eigenvalue weighted by atomic mass is 16.4. The lowest BCUT2D eigenvalue weighted by atomic mass is 9.99. The van der Waals surface area contributed by atoms with Crippen LogP contribution in [0.3, 0.4) is 0 Å². The summed E-state index contributed by atoms with van der Waals surface area (Å²) in [5.74, 6) is -1.51. The van der Waals surface area contributed by atoms with Crippen molar-refractivity contribution in [3.8, 4) is 0 Å². The quantitative estimate of drug-likeness (QED) is 0.281. The Hall–Kier alpha value is -4.44. The lowest BCUT2D eigenvalue weighted by Crippen LogP contribution is -2.42. The molecule has 3 aromatic carbocycles. The van der Waals surface area contributed by atoms with Crippen molar-refractivity contribution >= 4 is 40.2 Å². The molecular formula is C26H27N5O5. The zero-order valence-electron chi connectivity index (χ0n) is 19.4.